The number of hydrogen-bond acceptors (Lipinski definition) is 4. The van der Waals surface area contributed by atoms with Gasteiger partial charge in [-0.05, 0) is 25.0 Å². The molecule has 1 aliphatic heterocycles. The quantitative estimate of drug-likeness (QED) is 0.746. The summed E-state index contributed by atoms with van der Waals surface area (Å²) in [6.07, 6.45) is 0.794. The molecule has 0 spiro atoms. The van der Waals surface area contributed by atoms with E-state index in [0.29, 0.717) is 18.5 Å². The van der Waals surface area contributed by atoms with Crippen molar-refractivity contribution >= 4 is 17.6 Å². The van der Waals surface area contributed by atoms with Crippen molar-refractivity contribution in [3.63, 3.8) is 0 Å². The van der Waals surface area contributed by atoms with Crippen LogP contribution in [0.25, 0.3) is 0 Å². The number of amides is 1. The standard InChI is InChI=1S/C19H18F2N2O4/c20-12-7-13(21)9-14(8-12)27-17-4-2-1-3-15(17)23-18(24)11-5-6-16(19(25)26)22-10-11/h1-4,7-9,11,16,22H,5-6,10H2,(H,23,24)(H,25,26). The van der Waals surface area contributed by atoms with Crippen molar-refractivity contribution in [1.82, 2.24) is 5.32 Å². The minimum atomic E-state index is -0.935. The van der Waals surface area contributed by atoms with E-state index in [1.54, 1.807) is 24.3 Å². The van der Waals surface area contributed by atoms with Gasteiger partial charge in [0.05, 0.1) is 11.6 Å². The summed E-state index contributed by atoms with van der Waals surface area (Å²) < 4.78 is 32.2. The first-order valence-corrected chi connectivity index (χ1v) is 8.42. The topological polar surface area (TPSA) is 87.7 Å². The van der Waals surface area contributed by atoms with Crippen molar-refractivity contribution in [2.45, 2.75) is 18.9 Å². The summed E-state index contributed by atoms with van der Waals surface area (Å²) in [4.78, 5) is 23.4. The number of carbonyl (C=O) groups excluding carboxylic acids is 1. The Bertz CT molecular complexity index is 831. The van der Waals surface area contributed by atoms with Gasteiger partial charge in [0, 0.05) is 24.7 Å². The molecule has 0 saturated carbocycles. The van der Waals surface area contributed by atoms with Gasteiger partial charge in [0.15, 0.2) is 5.75 Å². The zero-order valence-corrected chi connectivity index (χ0v) is 14.2. The number of halogens is 2. The van der Waals surface area contributed by atoms with Crippen LogP contribution in [0.2, 0.25) is 0 Å². The number of carboxylic acids is 1. The zero-order chi connectivity index (χ0) is 19.4. The van der Waals surface area contributed by atoms with Crippen molar-refractivity contribution in [3.05, 3.63) is 54.1 Å². The molecule has 142 valence electrons. The molecule has 2 aromatic rings. The molecular formula is C19H18F2N2O4. The Balaban J connectivity index is 1.69. The predicted molar refractivity (Wildman–Crippen MR) is 93.7 cm³/mol. The molecule has 8 heteroatoms. The van der Waals surface area contributed by atoms with E-state index in [4.69, 9.17) is 9.84 Å². The summed E-state index contributed by atoms with van der Waals surface area (Å²) in [5.41, 5.74) is 0.354. The number of anilines is 1. The normalized spacial score (nSPS) is 19.3. The molecule has 2 aromatic carbocycles. The van der Waals surface area contributed by atoms with Crippen LogP contribution in [-0.2, 0) is 9.59 Å². The van der Waals surface area contributed by atoms with Gasteiger partial charge in [-0.3, -0.25) is 9.59 Å². The van der Waals surface area contributed by atoms with Gasteiger partial charge < -0.3 is 20.5 Å². The molecular weight excluding hydrogens is 358 g/mol. The molecule has 0 bridgehead atoms. The van der Waals surface area contributed by atoms with Crippen LogP contribution < -0.4 is 15.4 Å². The number of para-hydroxylation sites is 2. The number of aliphatic carboxylic acids is 1. The third kappa shape index (κ3) is 4.79. The highest BCUT2D eigenvalue weighted by Gasteiger charge is 2.29. The maximum Gasteiger partial charge on any atom is 0.320 e. The third-order valence-electron chi connectivity index (χ3n) is 4.29. The van der Waals surface area contributed by atoms with E-state index in [2.05, 4.69) is 10.6 Å². The van der Waals surface area contributed by atoms with Crippen LogP contribution >= 0.6 is 0 Å². The minimum absolute atomic E-state index is 0.0298. The Morgan fingerprint density at radius 2 is 1.81 bits per heavy atom. The molecule has 3 rings (SSSR count). The van der Waals surface area contributed by atoms with Crippen molar-refractivity contribution < 1.29 is 28.2 Å². The van der Waals surface area contributed by atoms with Crippen LogP contribution in [0.4, 0.5) is 14.5 Å². The van der Waals surface area contributed by atoms with E-state index in [9.17, 15) is 18.4 Å². The summed E-state index contributed by atoms with van der Waals surface area (Å²) in [6, 6.07) is 8.71. The number of rotatable bonds is 5. The maximum absolute atomic E-state index is 13.3. The number of nitrogens with one attached hydrogen (secondary N) is 2. The SMILES string of the molecule is O=C(Nc1ccccc1Oc1cc(F)cc(F)c1)C1CCC(C(=O)O)NC1. The lowest BCUT2D eigenvalue weighted by Gasteiger charge is -2.26. The highest BCUT2D eigenvalue weighted by atomic mass is 19.1. The number of hydrogen-bond donors (Lipinski definition) is 3. The Kier molecular flexibility index (Phi) is 5.66. The largest absolute Gasteiger partial charge is 0.480 e. The van der Waals surface area contributed by atoms with Gasteiger partial charge >= 0.3 is 5.97 Å². The number of ether oxygens (including phenoxy) is 1. The molecule has 0 radical (unpaired) electrons. The molecule has 6 nitrogen and oxygen atoms in total. The average molecular weight is 376 g/mol. The lowest BCUT2D eigenvalue weighted by Crippen LogP contribution is -2.46. The fourth-order valence-corrected chi connectivity index (χ4v) is 2.90. The number of benzene rings is 2. The molecule has 2 unspecified atom stereocenters. The van der Waals surface area contributed by atoms with Crippen LogP contribution in [0, 0.1) is 17.6 Å². The zero-order valence-electron chi connectivity index (χ0n) is 14.2. The van der Waals surface area contributed by atoms with Gasteiger partial charge in [0.25, 0.3) is 0 Å². The monoisotopic (exact) mass is 376 g/mol. The Morgan fingerprint density at radius 1 is 1.11 bits per heavy atom. The molecule has 1 amide bonds. The summed E-state index contributed by atoms with van der Waals surface area (Å²) in [7, 11) is 0. The van der Waals surface area contributed by atoms with Crippen molar-refractivity contribution in [3.8, 4) is 11.5 Å². The van der Waals surface area contributed by atoms with Crippen molar-refractivity contribution in [2.75, 3.05) is 11.9 Å². The Labute approximate surface area is 154 Å². The lowest BCUT2D eigenvalue weighted by molar-refractivity contribution is -0.141. The van der Waals surface area contributed by atoms with Crippen LogP contribution in [0.3, 0.4) is 0 Å². The minimum Gasteiger partial charge on any atom is -0.480 e. The molecule has 0 aromatic heterocycles. The highest BCUT2D eigenvalue weighted by molar-refractivity contribution is 5.94. The van der Waals surface area contributed by atoms with E-state index in [1.165, 1.54) is 0 Å². The first-order chi connectivity index (χ1) is 12.9. The van der Waals surface area contributed by atoms with Gasteiger partial charge in [0.1, 0.15) is 23.4 Å². The second-order valence-corrected chi connectivity index (χ2v) is 6.27. The molecule has 1 saturated heterocycles. The van der Waals surface area contributed by atoms with E-state index in [0.717, 1.165) is 18.2 Å². The first-order valence-electron chi connectivity index (χ1n) is 8.42. The number of carboxylic acid groups (broad SMARTS) is 1. The predicted octanol–water partition coefficient (Wildman–Crippen LogP) is 3.15. The fraction of sp³-hybridized carbons (Fsp3) is 0.263. The van der Waals surface area contributed by atoms with E-state index in [1.807, 2.05) is 0 Å². The molecule has 27 heavy (non-hydrogen) atoms. The van der Waals surface area contributed by atoms with Crippen LogP contribution in [0.15, 0.2) is 42.5 Å². The van der Waals surface area contributed by atoms with E-state index in [-0.39, 0.29) is 29.9 Å². The smallest absolute Gasteiger partial charge is 0.320 e. The summed E-state index contributed by atoms with van der Waals surface area (Å²) >= 11 is 0. The number of piperidine rings is 1. The Morgan fingerprint density at radius 3 is 2.44 bits per heavy atom. The van der Waals surface area contributed by atoms with Crippen LogP contribution in [-0.4, -0.2) is 29.6 Å². The maximum atomic E-state index is 13.3. The third-order valence-corrected chi connectivity index (χ3v) is 4.29. The second kappa shape index (κ2) is 8.13. The molecule has 2 atom stereocenters. The molecule has 3 N–H and O–H groups in total. The fourth-order valence-electron chi connectivity index (χ4n) is 2.90. The van der Waals surface area contributed by atoms with Gasteiger partial charge in [-0.15, -0.1) is 0 Å². The van der Waals surface area contributed by atoms with Crippen molar-refractivity contribution in [2.24, 2.45) is 5.92 Å². The summed E-state index contributed by atoms with van der Waals surface area (Å²) in [6.45, 7) is 0.251. The summed E-state index contributed by atoms with van der Waals surface area (Å²) in [5.74, 6) is -2.94. The average Bonchev–Trinajstić information content (AvgIpc) is 2.62. The lowest BCUT2D eigenvalue weighted by atomic mass is 9.94. The van der Waals surface area contributed by atoms with Crippen LogP contribution in [0.5, 0.6) is 11.5 Å². The van der Waals surface area contributed by atoms with Gasteiger partial charge in [-0.1, -0.05) is 12.1 Å². The second-order valence-electron chi connectivity index (χ2n) is 6.27. The van der Waals surface area contributed by atoms with Gasteiger partial charge in [-0.25, -0.2) is 8.78 Å². The first kappa shape index (κ1) is 18.8. The van der Waals surface area contributed by atoms with Gasteiger partial charge in [0.2, 0.25) is 5.91 Å². The summed E-state index contributed by atoms with van der Waals surface area (Å²) in [5, 5.41) is 14.5. The molecule has 1 heterocycles. The Hall–Kier alpha value is -3.00. The van der Waals surface area contributed by atoms with Crippen molar-refractivity contribution in [1.29, 1.82) is 0 Å². The highest BCUT2D eigenvalue weighted by Crippen LogP contribution is 2.31. The molecule has 1 aliphatic rings. The van der Waals surface area contributed by atoms with E-state index >= 15 is 0 Å². The number of carbonyl (C=O) groups is 2. The van der Waals surface area contributed by atoms with Gasteiger partial charge in [-0.2, -0.15) is 0 Å². The molecule has 1 fully saturated rings. The van der Waals surface area contributed by atoms with E-state index < -0.39 is 23.6 Å². The van der Waals surface area contributed by atoms with Crippen LogP contribution in [0.1, 0.15) is 12.8 Å². The molecule has 0 aliphatic carbocycles.